The van der Waals surface area contributed by atoms with Crippen LogP contribution in [-0.2, 0) is 14.4 Å². The summed E-state index contributed by atoms with van der Waals surface area (Å²) in [5.41, 5.74) is 3.42. The molecule has 3 heterocycles. The second-order valence-corrected chi connectivity index (χ2v) is 13.7. The van der Waals surface area contributed by atoms with E-state index in [1.807, 2.05) is 62.4 Å². The van der Waals surface area contributed by atoms with E-state index in [9.17, 15) is 14.4 Å². The third kappa shape index (κ3) is 5.13. The first-order valence-electron chi connectivity index (χ1n) is 13.7. The number of thioether (sulfide) groups is 1. The predicted octanol–water partition coefficient (Wildman–Crippen LogP) is 4.90. The van der Waals surface area contributed by atoms with Crippen molar-refractivity contribution in [2.75, 3.05) is 23.8 Å². The van der Waals surface area contributed by atoms with E-state index in [4.69, 9.17) is 5.11 Å². The number of benzene rings is 2. The highest BCUT2D eigenvalue weighted by molar-refractivity contribution is 9.09. The van der Waals surface area contributed by atoms with E-state index in [0.717, 1.165) is 42.5 Å². The molecule has 3 unspecified atom stereocenters. The molecule has 3 aliphatic rings. The lowest BCUT2D eigenvalue weighted by atomic mass is 9.70. The van der Waals surface area contributed by atoms with Gasteiger partial charge < -0.3 is 20.6 Å². The van der Waals surface area contributed by atoms with Crippen LogP contribution in [0.25, 0.3) is 0 Å². The molecular weight excluding hydrogens is 578 g/mol. The molecule has 1 spiro atoms. The molecule has 39 heavy (non-hydrogen) atoms. The summed E-state index contributed by atoms with van der Waals surface area (Å²) >= 11 is 5.47. The quantitative estimate of drug-likeness (QED) is 0.261. The van der Waals surface area contributed by atoms with Gasteiger partial charge in [0.15, 0.2) is 0 Å². The number of carbonyl (C=O) groups excluding carboxylic acids is 3. The Morgan fingerprint density at radius 2 is 1.69 bits per heavy atom. The summed E-state index contributed by atoms with van der Waals surface area (Å²) in [5, 5.41) is 15.3. The fourth-order valence-electron chi connectivity index (χ4n) is 6.67. The number of aliphatic hydroxyl groups is 1. The van der Waals surface area contributed by atoms with E-state index in [2.05, 4.69) is 26.6 Å². The molecule has 3 saturated heterocycles. The Bertz CT molecular complexity index is 1220. The Morgan fingerprint density at radius 3 is 2.38 bits per heavy atom. The molecule has 3 fully saturated rings. The standard InChI is InChI=1S/C30H36BrN3O4S/c1-18-11-10-12-19(2)24(18)33-28(37)26-30-17-21(31)25(39-30)22(27(36)32-20-13-6-5-7-14-20)23(30)29(38)34(26)15-8-3-4-9-16-35/h5-7,10-14,21-23,25-26,35H,3-4,8-9,15-17H2,1-2H3,(H,32,36)(H,33,37)/t21?,22-,23+,25-,26?,30?/m1/s1. The Kier molecular flexibility index (Phi) is 8.40. The minimum absolute atomic E-state index is 0.0260. The number of hydrogen-bond donors (Lipinski definition) is 3. The number of aliphatic hydroxyl groups excluding tert-OH is 1. The first-order valence-corrected chi connectivity index (χ1v) is 15.5. The van der Waals surface area contributed by atoms with Crippen molar-refractivity contribution in [3.05, 3.63) is 59.7 Å². The summed E-state index contributed by atoms with van der Waals surface area (Å²) in [6.07, 6.45) is 3.85. The van der Waals surface area contributed by atoms with Gasteiger partial charge in [-0.15, -0.1) is 11.8 Å². The lowest BCUT2D eigenvalue weighted by Gasteiger charge is -2.35. The zero-order valence-electron chi connectivity index (χ0n) is 22.4. The van der Waals surface area contributed by atoms with Gasteiger partial charge >= 0.3 is 0 Å². The topological polar surface area (TPSA) is 98.7 Å². The van der Waals surface area contributed by atoms with Gasteiger partial charge in [-0.2, -0.15) is 0 Å². The van der Waals surface area contributed by atoms with Gasteiger partial charge in [0, 0.05) is 34.6 Å². The molecule has 0 radical (unpaired) electrons. The van der Waals surface area contributed by atoms with Crippen molar-refractivity contribution in [2.24, 2.45) is 11.8 Å². The van der Waals surface area contributed by atoms with Crippen molar-refractivity contribution < 1.29 is 19.5 Å². The molecule has 3 amide bonds. The molecule has 7 nitrogen and oxygen atoms in total. The second-order valence-electron chi connectivity index (χ2n) is 10.9. The number of anilines is 2. The maximum atomic E-state index is 14.2. The first kappa shape index (κ1) is 28.2. The van der Waals surface area contributed by atoms with E-state index in [1.54, 1.807) is 16.7 Å². The predicted molar refractivity (Wildman–Crippen MR) is 159 cm³/mol. The summed E-state index contributed by atoms with van der Waals surface area (Å²) < 4.78 is -0.680. The van der Waals surface area contributed by atoms with Gasteiger partial charge in [0.05, 0.1) is 16.6 Å². The Balaban J connectivity index is 1.47. The number of fused-ring (bicyclic) bond motifs is 1. The average molecular weight is 615 g/mol. The number of aryl methyl sites for hydroxylation is 2. The number of likely N-dealkylation sites (tertiary alicyclic amines) is 1. The fraction of sp³-hybridized carbons (Fsp3) is 0.500. The molecule has 2 aromatic rings. The van der Waals surface area contributed by atoms with Crippen molar-refractivity contribution in [3.63, 3.8) is 0 Å². The normalized spacial score (nSPS) is 29.0. The molecule has 5 rings (SSSR count). The molecule has 2 bridgehead atoms. The second kappa shape index (κ2) is 11.6. The zero-order chi connectivity index (χ0) is 27.7. The number of halogens is 1. The lowest BCUT2D eigenvalue weighted by molar-refractivity contribution is -0.138. The number of rotatable bonds is 10. The van der Waals surface area contributed by atoms with Crippen LogP contribution < -0.4 is 10.6 Å². The van der Waals surface area contributed by atoms with E-state index in [0.29, 0.717) is 18.7 Å². The highest BCUT2D eigenvalue weighted by Gasteiger charge is 2.75. The van der Waals surface area contributed by atoms with Crippen LogP contribution in [0.3, 0.4) is 0 Å². The van der Waals surface area contributed by atoms with Crippen molar-refractivity contribution in [1.29, 1.82) is 0 Å². The molecular formula is C30H36BrN3O4S. The van der Waals surface area contributed by atoms with Crippen molar-refractivity contribution in [3.8, 4) is 0 Å². The van der Waals surface area contributed by atoms with Crippen LogP contribution in [-0.4, -0.2) is 61.7 Å². The van der Waals surface area contributed by atoms with Gasteiger partial charge in [-0.1, -0.05) is 65.2 Å². The Morgan fingerprint density at radius 1 is 1.00 bits per heavy atom. The molecule has 0 aliphatic carbocycles. The summed E-state index contributed by atoms with van der Waals surface area (Å²) in [6, 6.07) is 14.5. The SMILES string of the molecule is Cc1cccc(C)c1NC(=O)C1N(CCCCCCO)C(=O)[C@@H]2[C@@H](C(=O)Nc3ccccc3)[C@@H]3SC12CC3Br. The highest BCUT2D eigenvalue weighted by Crippen LogP contribution is 2.67. The summed E-state index contributed by atoms with van der Waals surface area (Å²) in [4.78, 5) is 43.8. The summed E-state index contributed by atoms with van der Waals surface area (Å²) in [6.45, 7) is 4.55. The van der Waals surface area contributed by atoms with Gasteiger partial charge in [0.1, 0.15) is 6.04 Å². The van der Waals surface area contributed by atoms with Crippen LogP contribution in [0.1, 0.15) is 43.2 Å². The lowest BCUT2D eigenvalue weighted by Crippen LogP contribution is -2.53. The van der Waals surface area contributed by atoms with Gasteiger partial charge in [-0.25, -0.2) is 0 Å². The smallest absolute Gasteiger partial charge is 0.248 e. The van der Waals surface area contributed by atoms with Crippen LogP contribution in [0.4, 0.5) is 11.4 Å². The fourth-order valence-corrected chi connectivity index (χ4v) is 10.3. The number of amides is 3. The van der Waals surface area contributed by atoms with Crippen LogP contribution in [0.15, 0.2) is 48.5 Å². The van der Waals surface area contributed by atoms with E-state index >= 15 is 0 Å². The first-order chi connectivity index (χ1) is 18.8. The molecule has 6 atom stereocenters. The maximum absolute atomic E-state index is 14.2. The number of nitrogens with zero attached hydrogens (tertiary/aromatic N) is 1. The monoisotopic (exact) mass is 613 g/mol. The Hall–Kier alpha value is -2.36. The summed E-state index contributed by atoms with van der Waals surface area (Å²) in [7, 11) is 0. The molecule has 3 aliphatic heterocycles. The Labute approximate surface area is 242 Å². The average Bonchev–Trinajstić information content (AvgIpc) is 3.50. The molecule has 3 N–H and O–H groups in total. The van der Waals surface area contributed by atoms with Crippen LogP contribution in [0, 0.1) is 25.7 Å². The maximum Gasteiger partial charge on any atom is 0.248 e. The molecule has 9 heteroatoms. The molecule has 0 aromatic heterocycles. The third-order valence-corrected chi connectivity index (χ3v) is 11.6. The number of unbranched alkanes of at least 4 members (excludes halogenated alkanes) is 3. The van der Waals surface area contributed by atoms with E-state index in [-0.39, 0.29) is 34.4 Å². The molecule has 2 aromatic carbocycles. The van der Waals surface area contributed by atoms with Gasteiger partial charge in [-0.3, -0.25) is 14.4 Å². The van der Waals surface area contributed by atoms with Crippen molar-refractivity contribution in [1.82, 2.24) is 4.90 Å². The number of para-hydroxylation sites is 2. The van der Waals surface area contributed by atoms with E-state index < -0.39 is 22.6 Å². The van der Waals surface area contributed by atoms with Gasteiger partial charge in [-0.05, 0) is 56.4 Å². The van der Waals surface area contributed by atoms with Crippen molar-refractivity contribution in [2.45, 2.75) is 66.8 Å². The minimum Gasteiger partial charge on any atom is -0.396 e. The van der Waals surface area contributed by atoms with E-state index in [1.165, 1.54) is 0 Å². The zero-order valence-corrected chi connectivity index (χ0v) is 24.8. The molecule has 208 valence electrons. The largest absolute Gasteiger partial charge is 0.396 e. The minimum atomic E-state index is -0.680. The number of nitrogens with one attached hydrogen (secondary N) is 2. The highest BCUT2D eigenvalue weighted by atomic mass is 79.9. The third-order valence-electron chi connectivity index (χ3n) is 8.42. The van der Waals surface area contributed by atoms with Crippen LogP contribution in [0.2, 0.25) is 0 Å². The number of alkyl halides is 1. The van der Waals surface area contributed by atoms with Crippen molar-refractivity contribution >= 4 is 56.8 Å². The van der Waals surface area contributed by atoms with Gasteiger partial charge in [0.2, 0.25) is 17.7 Å². The summed E-state index contributed by atoms with van der Waals surface area (Å²) in [5.74, 6) is -1.54. The molecule has 0 saturated carbocycles. The van der Waals surface area contributed by atoms with Crippen LogP contribution >= 0.6 is 27.7 Å². The van der Waals surface area contributed by atoms with Gasteiger partial charge in [0.25, 0.3) is 0 Å². The number of hydrogen-bond acceptors (Lipinski definition) is 5. The number of carbonyl (C=O) groups is 3. The van der Waals surface area contributed by atoms with Crippen LogP contribution in [0.5, 0.6) is 0 Å².